The van der Waals surface area contributed by atoms with Crippen LogP contribution in [0, 0.1) is 10.1 Å². The van der Waals surface area contributed by atoms with Crippen LogP contribution in [0.3, 0.4) is 0 Å². The van der Waals surface area contributed by atoms with Gasteiger partial charge in [-0.2, -0.15) is 0 Å². The van der Waals surface area contributed by atoms with Gasteiger partial charge in [0, 0.05) is 44.0 Å². The summed E-state index contributed by atoms with van der Waals surface area (Å²) >= 11 is 0. The Hall–Kier alpha value is -3.43. The minimum atomic E-state index is -0.396. The number of rotatable bonds is 10. The maximum atomic E-state index is 11.3. The molecule has 4 rings (SSSR count). The summed E-state index contributed by atoms with van der Waals surface area (Å²) in [7, 11) is 3.74. The fraction of sp³-hybridized carbons (Fsp3) is 0.400. The van der Waals surface area contributed by atoms with Gasteiger partial charge in [-0.15, -0.1) is 0 Å². The fourth-order valence-corrected chi connectivity index (χ4v) is 4.30. The largest absolute Gasteiger partial charge is 0.497 e. The maximum absolute atomic E-state index is 11.3. The highest BCUT2D eigenvalue weighted by Gasteiger charge is 2.19. The minimum absolute atomic E-state index is 0.0304. The van der Waals surface area contributed by atoms with E-state index in [0.717, 1.165) is 51.4 Å². The Kier molecular flexibility index (Phi) is 7.76. The van der Waals surface area contributed by atoms with E-state index in [4.69, 9.17) is 9.26 Å². The summed E-state index contributed by atoms with van der Waals surface area (Å²) < 4.78 is 10.7. The summed E-state index contributed by atoms with van der Waals surface area (Å²) in [6.45, 7) is 6.75. The third kappa shape index (κ3) is 5.92. The van der Waals surface area contributed by atoms with Crippen LogP contribution >= 0.6 is 0 Å². The molecular formula is C25H31N5O4. The zero-order chi connectivity index (χ0) is 23.9. The molecule has 180 valence electrons. The molecule has 0 atom stereocenters. The van der Waals surface area contributed by atoms with Crippen LogP contribution in [0.5, 0.6) is 5.75 Å². The highest BCUT2D eigenvalue weighted by molar-refractivity contribution is 5.70. The first-order valence-corrected chi connectivity index (χ1v) is 11.5. The Bertz CT molecular complexity index is 1080. The number of piperazine rings is 1. The van der Waals surface area contributed by atoms with E-state index in [1.807, 2.05) is 12.1 Å². The Morgan fingerprint density at radius 2 is 1.85 bits per heavy atom. The van der Waals surface area contributed by atoms with E-state index in [1.165, 1.54) is 11.8 Å². The van der Waals surface area contributed by atoms with Crippen molar-refractivity contribution in [1.29, 1.82) is 0 Å². The fourth-order valence-electron chi connectivity index (χ4n) is 4.30. The van der Waals surface area contributed by atoms with Crippen LogP contribution in [0.4, 0.5) is 11.4 Å². The average molecular weight is 466 g/mol. The molecule has 0 aliphatic carbocycles. The van der Waals surface area contributed by atoms with Gasteiger partial charge < -0.3 is 14.2 Å². The van der Waals surface area contributed by atoms with Gasteiger partial charge in [-0.1, -0.05) is 17.3 Å². The molecule has 0 saturated carbocycles. The van der Waals surface area contributed by atoms with Crippen molar-refractivity contribution in [3.8, 4) is 17.0 Å². The second kappa shape index (κ2) is 11.1. The van der Waals surface area contributed by atoms with E-state index in [9.17, 15) is 10.1 Å². The Balaban J connectivity index is 1.20. The minimum Gasteiger partial charge on any atom is -0.497 e. The number of nitro benzene ring substituents is 1. The number of methoxy groups -OCH3 is 1. The van der Waals surface area contributed by atoms with Gasteiger partial charge in [0.25, 0.3) is 5.69 Å². The normalized spacial score (nSPS) is 14.5. The second-order valence-electron chi connectivity index (χ2n) is 8.57. The molecule has 0 bridgehead atoms. The van der Waals surface area contributed by atoms with Crippen molar-refractivity contribution < 1.29 is 14.2 Å². The molecule has 9 heteroatoms. The summed E-state index contributed by atoms with van der Waals surface area (Å²) in [6.07, 6.45) is 1.06. The van der Waals surface area contributed by atoms with Crippen molar-refractivity contribution in [3.63, 3.8) is 0 Å². The van der Waals surface area contributed by atoms with Crippen molar-refractivity contribution in [2.45, 2.75) is 13.0 Å². The summed E-state index contributed by atoms with van der Waals surface area (Å²) in [6, 6.07) is 16.6. The lowest BCUT2D eigenvalue weighted by molar-refractivity contribution is -0.384. The van der Waals surface area contributed by atoms with Crippen molar-refractivity contribution in [2.75, 3.05) is 58.3 Å². The molecule has 34 heavy (non-hydrogen) atoms. The molecule has 0 amide bonds. The number of nitro groups is 1. The third-order valence-electron chi connectivity index (χ3n) is 6.19. The van der Waals surface area contributed by atoms with Gasteiger partial charge in [0.05, 0.1) is 24.1 Å². The lowest BCUT2D eigenvalue weighted by Gasteiger charge is -2.36. The average Bonchev–Trinajstić information content (AvgIpc) is 3.32. The van der Waals surface area contributed by atoms with E-state index >= 15 is 0 Å². The van der Waals surface area contributed by atoms with E-state index in [2.05, 4.69) is 39.0 Å². The first-order chi connectivity index (χ1) is 16.5. The van der Waals surface area contributed by atoms with Gasteiger partial charge in [-0.25, -0.2) is 0 Å². The van der Waals surface area contributed by atoms with E-state index in [0.29, 0.717) is 23.6 Å². The van der Waals surface area contributed by atoms with Crippen LogP contribution in [0.1, 0.15) is 12.2 Å². The number of aromatic nitrogens is 1. The number of nitrogens with zero attached hydrogens (tertiary/aromatic N) is 5. The Labute approximate surface area is 199 Å². The molecule has 0 spiro atoms. The van der Waals surface area contributed by atoms with E-state index in [1.54, 1.807) is 31.4 Å². The van der Waals surface area contributed by atoms with Crippen molar-refractivity contribution >= 4 is 11.4 Å². The van der Waals surface area contributed by atoms with Crippen LogP contribution < -0.4 is 9.64 Å². The SMILES string of the molecule is COc1ccc(N2CCN(CCCN(C)Cc3cc(-c4ccccc4[N+](=O)[O-])no3)CC2)cc1. The summed E-state index contributed by atoms with van der Waals surface area (Å²) in [5.74, 6) is 1.58. The van der Waals surface area contributed by atoms with Gasteiger partial charge in [-0.3, -0.25) is 19.9 Å². The number of para-hydroxylation sites is 1. The topological polar surface area (TPSA) is 88.1 Å². The summed E-state index contributed by atoms with van der Waals surface area (Å²) in [5.41, 5.74) is 2.24. The number of ether oxygens (including phenoxy) is 1. The van der Waals surface area contributed by atoms with Crippen LogP contribution in [-0.2, 0) is 6.54 Å². The van der Waals surface area contributed by atoms with Crippen molar-refractivity contribution in [2.24, 2.45) is 0 Å². The molecule has 0 unspecified atom stereocenters. The summed E-state index contributed by atoms with van der Waals surface area (Å²) in [5, 5.41) is 15.3. The summed E-state index contributed by atoms with van der Waals surface area (Å²) in [4.78, 5) is 18.0. The van der Waals surface area contributed by atoms with Crippen molar-refractivity contribution in [1.82, 2.24) is 15.0 Å². The van der Waals surface area contributed by atoms with Gasteiger partial charge >= 0.3 is 0 Å². The molecule has 0 radical (unpaired) electrons. The van der Waals surface area contributed by atoms with Crippen LogP contribution in [0.15, 0.2) is 59.1 Å². The smallest absolute Gasteiger partial charge is 0.278 e. The first-order valence-electron chi connectivity index (χ1n) is 11.5. The quantitative estimate of drug-likeness (QED) is 0.329. The van der Waals surface area contributed by atoms with Gasteiger partial charge in [0.2, 0.25) is 0 Å². The van der Waals surface area contributed by atoms with E-state index < -0.39 is 4.92 Å². The predicted molar refractivity (Wildman–Crippen MR) is 131 cm³/mol. The van der Waals surface area contributed by atoms with Gasteiger partial charge in [0.15, 0.2) is 5.76 Å². The molecule has 1 aromatic heterocycles. The lowest BCUT2D eigenvalue weighted by Crippen LogP contribution is -2.47. The number of hydrogen-bond donors (Lipinski definition) is 0. The monoisotopic (exact) mass is 465 g/mol. The Morgan fingerprint density at radius 3 is 2.56 bits per heavy atom. The zero-order valence-corrected chi connectivity index (χ0v) is 19.7. The third-order valence-corrected chi connectivity index (χ3v) is 6.19. The lowest BCUT2D eigenvalue weighted by atomic mass is 10.1. The first kappa shape index (κ1) is 23.7. The maximum Gasteiger partial charge on any atom is 0.278 e. The second-order valence-corrected chi connectivity index (χ2v) is 8.57. The van der Waals surface area contributed by atoms with Gasteiger partial charge in [0.1, 0.15) is 11.4 Å². The molecule has 2 heterocycles. The highest BCUT2D eigenvalue weighted by atomic mass is 16.6. The highest BCUT2D eigenvalue weighted by Crippen LogP contribution is 2.29. The number of anilines is 1. The standard InChI is InChI=1S/C25H31N5O4/c1-27(19-22-18-24(26-34-22)23-6-3-4-7-25(23)30(31)32)12-5-13-28-14-16-29(17-15-28)20-8-10-21(33-2)11-9-20/h3-4,6-11,18H,5,12-17,19H2,1-2H3. The number of benzene rings is 2. The van der Waals surface area contributed by atoms with E-state index in [-0.39, 0.29) is 5.69 Å². The number of hydrogen-bond acceptors (Lipinski definition) is 8. The molecule has 9 nitrogen and oxygen atoms in total. The van der Waals surface area contributed by atoms with Crippen LogP contribution in [0.25, 0.3) is 11.3 Å². The predicted octanol–water partition coefficient (Wildman–Crippen LogP) is 3.90. The Morgan fingerprint density at radius 1 is 1.12 bits per heavy atom. The molecule has 1 saturated heterocycles. The van der Waals surface area contributed by atoms with Crippen LogP contribution in [0.2, 0.25) is 0 Å². The zero-order valence-electron chi connectivity index (χ0n) is 19.7. The molecule has 1 aliphatic rings. The molecule has 1 aliphatic heterocycles. The van der Waals surface area contributed by atoms with Crippen molar-refractivity contribution in [3.05, 3.63) is 70.5 Å². The molecule has 3 aromatic rings. The van der Waals surface area contributed by atoms with Crippen LogP contribution in [-0.4, -0.2) is 73.3 Å². The van der Waals surface area contributed by atoms with Gasteiger partial charge in [-0.05, 0) is 56.9 Å². The molecular weight excluding hydrogens is 434 g/mol. The molecule has 1 fully saturated rings. The molecule has 0 N–H and O–H groups in total. The molecule has 2 aromatic carbocycles.